The number of nitroso groups, excluding NO2 is 1. The molecule has 0 bridgehead atoms. The molecule has 0 aliphatic carbocycles. The molecule has 5 heteroatoms. The SMILES string of the molecule is CCOC(=O)c1ccc(N=O)s1. The Labute approximate surface area is 73.1 Å². The van der Waals surface area contributed by atoms with E-state index in [1.54, 1.807) is 6.92 Å². The van der Waals surface area contributed by atoms with Gasteiger partial charge in [-0.3, -0.25) is 0 Å². The molecule has 0 aliphatic rings. The van der Waals surface area contributed by atoms with Crippen LogP contribution in [0.25, 0.3) is 0 Å². The van der Waals surface area contributed by atoms with Gasteiger partial charge in [0, 0.05) is 0 Å². The van der Waals surface area contributed by atoms with E-state index in [4.69, 9.17) is 4.74 Å². The van der Waals surface area contributed by atoms with Gasteiger partial charge >= 0.3 is 5.97 Å². The summed E-state index contributed by atoms with van der Waals surface area (Å²) in [6, 6.07) is 3.02. The summed E-state index contributed by atoms with van der Waals surface area (Å²) in [5.41, 5.74) is 0. The normalized spacial score (nSPS) is 9.42. The molecular formula is C7H7NO3S. The first-order valence-corrected chi connectivity index (χ1v) is 4.20. The Morgan fingerprint density at radius 3 is 2.92 bits per heavy atom. The van der Waals surface area contributed by atoms with Crippen LogP contribution >= 0.6 is 11.3 Å². The third-order valence-electron chi connectivity index (χ3n) is 1.16. The molecule has 64 valence electrons. The summed E-state index contributed by atoms with van der Waals surface area (Å²) in [6.07, 6.45) is 0. The molecule has 0 atom stereocenters. The lowest BCUT2D eigenvalue weighted by molar-refractivity contribution is 0.0532. The maximum absolute atomic E-state index is 11.0. The molecule has 0 saturated carbocycles. The number of hydrogen-bond acceptors (Lipinski definition) is 5. The lowest BCUT2D eigenvalue weighted by Gasteiger charge is -1.95. The van der Waals surface area contributed by atoms with Gasteiger partial charge in [-0.1, -0.05) is 0 Å². The number of rotatable bonds is 3. The highest BCUT2D eigenvalue weighted by Gasteiger charge is 2.09. The van der Waals surface area contributed by atoms with E-state index in [1.165, 1.54) is 12.1 Å². The van der Waals surface area contributed by atoms with Gasteiger partial charge < -0.3 is 4.74 Å². The summed E-state index contributed by atoms with van der Waals surface area (Å²) in [6.45, 7) is 2.06. The predicted molar refractivity (Wildman–Crippen MR) is 45.7 cm³/mol. The van der Waals surface area contributed by atoms with Gasteiger partial charge in [-0.15, -0.1) is 16.2 Å². The van der Waals surface area contributed by atoms with E-state index >= 15 is 0 Å². The fourth-order valence-corrected chi connectivity index (χ4v) is 1.37. The van der Waals surface area contributed by atoms with Crippen molar-refractivity contribution in [2.75, 3.05) is 6.61 Å². The quantitative estimate of drug-likeness (QED) is 0.536. The fraction of sp³-hybridized carbons (Fsp3) is 0.286. The second-order valence-electron chi connectivity index (χ2n) is 1.95. The van der Waals surface area contributed by atoms with E-state index < -0.39 is 5.97 Å². The Morgan fingerprint density at radius 2 is 2.42 bits per heavy atom. The molecule has 0 radical (unpaired) electrons. The Balaban J connectivity index is 2.74. The van der Waals surface area contributed by atoms with Gasteiger partial charge in [0.05, 0.1) is 6.61 Å². The number of hydrogen-bond donors (Lipinski definition) is 0. The van der Waals surface area contributed by atoms with Crippen molar-refractivity contribution in [1.29, 1.82) is 0 Å². The van der Waals surface area contributed by atoms with Crippen LogP contribution in [0.5, 0.6) is 0 Å². The van der Waals surface area contributed by atoms with Gasteiger partial charge in [-0.2, -0.15) is 0 Å². The molecule has 1 rings (SSSR count). The number of carbonyl (C=O) groups excluding carboxylic acids is 1. The first-order chi connectivity index (χ1) is 5.77. The molecule has 1 aromatic rings. The first kappa shape index (κ1) is 8.86. The Morgan fingerprint density at radius 1 is 1.67 bits per heavy atom. The van der Waals surface area contributed by atoms with E-state index in [-0.39, 0.29) is 5.00 Å². The van der Waals surface area contributed by atoms with Crippen LogP contribution in [-0.4, -0.2) is 12.6 Å². The van der Waals surface area contributed by atoms with Gasteiger partial charge in [0.2, 0.25) is 0 Å². The smallest absolute Gasteiger partial charge is 0.348 e. The van der Waals surface area contributed by atoms with E-state index in [0.717, 1.165) is 11.3 Å². The molecule has 0 unspecified atom stereocenters. The van der Waals surface area contributed by atoms with Crippen molar-refractivity contribution in [1.82, 2.24) is 0 Å². The second-order valence-corrected chi connectivity index (χ2v) is 3.01. The highest BCUT2D eigenvalue weighted by Crippen LogP contribution is 2.24. The number of thiophene rings is 1. The van der Waals surface area contributed by atoms with Crippen LogP contribution in [0.4, 0.5) is 5.00 Å². The topological polar surface area (TPSA) is 55.7 Å². The third kappa shape index (κ3) is 1.88. The van der Waals surface area contributed by atoms with Crippen LogP contribution in [0.2, 0.25) is 0 Å². The van der Waals surface area contributed by atoms with Crippen molar-refractivity contribution < 1.29 is 9.53 Å². The molecule has 0 fully saturated rings. The van der Waals surface area contributed by atoms with Crippen LogP contribution in [0, 0.1) is 4.91 Å². The highest BCUT2D eigenvalue weighted by molar-refractivity contribution is 7.17. The van der Waals surface area contributed by atoms with E-state index in [0.29, 0.717) is 11.5 Å². The number of nitrogens with zero attached hydrogens (tertiary/aromatic N) is 1. The third-order valence-corrected chi connectivity index (χ3v) is 2.10. The summed E-state index contributed by atoms with van der Waals surface area (Å²) < 4.78 is 4.71. The molecule has 1 heterocycles. The number of ether oxygens (including phenoxy) is 1. The Kier molecular flexibility index (Phi) is 2.93. The van der Waals surface area contributed by atoms with Crippen molar-refractivity contribution >= 4 is 22.3 Å². The zero-order valence-electron chi connectivity index (χ0n) is 6.44. The van der Waals surface area contributed by atoms with Gasteiger partial charge in [0.25, 0.3) is 0 Å². The van der Waals surface area contributed by atoms with Crippen LogP contribution in [-0.2, 0) is 4.74 Å². The summed E-state index contributed by atoms with van der Waals surface area (Å²) in [4.78, 5) is 21.4. The van der Waals surface area contributed by atoms with Crippen LogP contribution in [0.1, 0.15) is 16.6 Å². The van der Waals surface area contributed by atoms with Crippen molar-refractivity contribution in [2.24, 2.45) is 5.18 Å². The molecule has 0 spiro atoms. The van der Waals surface area contributed by atoms with E-state index in [1.807, 2.05) is 0 Å². The van der Waals surface area contributed by atoms with Gasteiger partial charge in [0.1, 0.15) is 4.88 Å². The van der Waals surface area contributed by atoms with Gasteiger partial charge in [-0.25, -0.2) is 4.79 Å². The molecule has 0 aliphatic heterocycles. The zero-order chi connectivity index (χ0) is 8.97. The Hall–Kier alpha value is -1.23. The summed E-state index contributed by atoms with van der Waals surface area (Å²) in [5, 5.41) is 2.98. The fourth-order valence-electron chi connectivity index (χ4n) is 0.689. The van der Waals surface area contributed by atoms with Gasteiger partial charge in [-0.05, 0) is 24.2 Å². The van der Waals surface area contributed by atoms with Gasteiger partial charge in [0.15, 0.2) is 5.00 Å². The molecule has 0 amide bonds. The summed E-state index contributed by atoms with van der Waals surface area (Å²) in [7, 11) is 0. The average Bonchev–Trinajstić information content (AvgIpc) is 2.52. The molecule has 0 saturated heterocycles. The van der Waals surface area contributed by atoms with Crippen molar-refractivity contribution in [3.63, 3.8) is 0 Å². The predicted octanol–water partition coefficient (Wildman–Crippen LogP) is 2.32. The number of carbonyl (C=O) groups is 1. The minimum atomic E-state index is -0.405. The average molecular weight is 185 g/mol. The summed E-state index contributed by atoms with van der Waals surface area (Å²) >= 11 is 1.03. The minimum absolute atomic E-state index is 0.290. The lowest BCUT2D eigenvalue weighted by Crippen LogP contribution is -2.01. The zero-order valence-corrected chi connectivity index (χ0v) is 7.26. The number of esters is 1. The van der Waals surface area contributed by atoms with Crippen LogP contribution in [0.3, 0.4) is 0 Å². The van der Waals surface area contributed by atoms with Crippen LogP contribution < -0.4 is 0 Å². The van der Waals surface area contributed by atoms with Crippen LogP contribution in [0.15, 0.2) is 17.3 Å². The monoisotopic (exact) mass is 185 g/mol. The maximum atomic E-state index is 11.0. The highest BCUT2D eigenvalue weighted by atomic mass is 32.1. The van der Waals surface area contributed by atoms with Crippen molar-refractivity contribution in [2.45, 2.75) is 6.92 Å². The molecule has 0 N–H and O–H groups in total. The van der Waals surface area contributed by atoms with Crippen molar-refractivity contribution in [3.05, 3.63) is 21.9 Å². The molecular weight excluding hydrogens is 178 g/mol. The first-order valence-electron chi connectivity index (χ1n) is 3.38. The molecule has 0 aromatic carbocycles. The summed E-state index contributed by atoms with van der Waals surface area (Å²) in [5.74, 6) is -0.405. The molecule has 12 heavy (non-hydrogen) atoms. The maximum Gasteiger partial charge on any atom is 0.348 e. The standard InChI is InChI=1S/C7H7NO3S/c1-2-11-7(9)5-3-4-6(8-10)12-5/h3-4H,2H2,1H3. The lowest BCUT2D eigenvalue weighted by atomic mass is 10.5. The molecule has 4 nitrogen and oxygen atoms in total. The molecule has 1 aromatic heterocycles. The van der Waals surface area contributed by atoms with E-state index in [2.05, 4.69) is 5.18 Å². The minimum Gasteiger partial charge on any atom is -0.462 e. The largest absolute Gasteiger partial charge is 0.462 e. The van der Waals surface area contributed by atoms with Crippen molar-refractivity contribution in [3.8, 4) is 0 Å². The second kappa shape index (κ2) is 3.96. The van der Waals surface area contributed by atoms with E-state index in [9.17, 15) is 9.70 Å². The Bertz CT molecular complexity index is 295.